The van der Waals surface area contributed by atoms with E-state index in [2.05, 4.69) is 4.98 Å². The molecule has 0 saturated heterocycles. The van der Waals surface area contributed by atoms with Crippen LogP contribution in [0, 0.1) is 0 Å². The first-order chi connectivity index (χ1) is 11.2. The highest BCUT2D eigenvalue weighted by Gasteiger charge is 2.36. The van der Waals surface area contributed by atoms with Crippen LogP contribution in [-0.4, -0.2) is 21.9 Å². The average molecular weight is 304 g/mol. The maximum Gasteiger partial charge on any atom is 0.285 e. The number of nitrogens with zero attached hydrogens (tertiary/aromatic N) is 2. The van der Waals surface area contributed by atoms with Gasteiger partial charge in [-0.2, -0.15) is 0 Å². The lowest BCUT2D eigenvalue weighted by Crippen LogP contribution is -2.29. The third kappa shape index (κ3) is 2.27. The molecule has 1 aliphatic rings. The number of aromatic nitrogens is 1. The van der Waals surface area contributed by atoms with Gasteiger partial charge in [0, 0.05) is 11.6 Å². The second-order valence-corrected chi connectivity index (χ2v) is 5.25. The zero-order valence-electron chi connectivity index (χ0n) is 12.1. The topological polar surface area (TPSA) is 59.5 Å². The van der Waals surface area contributed by atoms with Crippen LogP contribution in [0.3, 0.4) is 0 Å². The number of carbonyl (C=O) groups excluding carboxylic acids is 2. The van der Waals surface area contributed by atoms with Crippen LogP contribution in [-0.2, 0) is 11.4 Å². The molecule has 3 aromatic rings. The molecule has 0 unspecified atom stereocenters. The van der Waals surface area contributed by atoms with Gasteiger partial charge in [-0.3, -0.25) is 19.4 Å². The molecule has 5 heteroatoms. The molecule has 112 valence electrons. The quantitative estimate of drug-likeness (QED) is 0.698. The first-order valence-electron chi connectivity index (χ1n) is 7.18. The molecule has 0 fully saturated rings. The van der Waals surface area contributed by atoms with Crippen LogP contribution in [0.4, 0.5) is 0 Å². The number of pyridine rings is 1. The Bertz CT molecular complexity index is 901. The Kier molecular flexibility index (Phi) is 3.13. The number of hydrogen-bond donors (Lipinski definition) is 0. The van der Waals surface area contributed by atoms with E-state index in [9.17, 15) is 9.59 Å². The normalized spacial score (nSPS) is 13.7. The van der Waals surface area contributed by atoms with Crippen LogP contribution in [0.25, 0.3) is 10.9 Å². The summed E-state index contributed by atoms with van der Waals surface area (Å²) in [5, 5.41) is 1.81. The maximum absolute atomic E-state index is 12.2. The molecule has 1 aromatic heterocycles. The van der Waals surface area contributed by atoms with E-state index in [-0.39, 0.29) is 6.61 Å². The second kappa shape index (κ2) is 5.30. The van der Waals surface area contributed by atoms with Gasteiger partial charge in [0.25, 0.3) is 11.8 Å². The Morgan fingerprint density at radius 3 is 2.39 bits per heavy atom. The summed E-state index contributed by atoms with van der Waals surface area (Å²) in [5.74, 6) is -0.846. The predicted molar refractivity (Wildman–Crippen MR) is 83.5 cm³/mol. The molecule has 0 bridgehead atoms. The monoisotopic (exact) mass is 304 g/mol. The van der Waals surface area contributed by atoms with Gasteiger partial charge >= 0.3 is 0 Å². The van der Waals surface area contributed by atoms with Crippen molar-refractivity contribution in [2.75, 3.05) is 0 Å². The lowest BCUT2D eigenvalue weighted by Gasteiger charge is -2.13. The van der Waals surface area contributed by atoms with Crippen molar-refractivity contribution in [3.8, 4) is 0 Å². The molecular formula is C18H12N2O3. The van der Waals surface area contributed by atoms with Crippen molar-refractivity contribution < 1.29 is 14.4 Å². The fourth-order valence-electron chi connectivity index (χ4n) is 2.64. The lowest BCUT2D eigenvalue weighted by atomic mass is 10.1. The van der Waals surface area contributed by atoms with E-state index >= 15 is 0 Å². The number of hydrogen-bond acceptors (Lipinski definition) is 4. The van der Waals surface area contributed by atoms with Crippen molar-refractivity contribution in [2.45, 2.75) is 6.61 Å². The number of hydroxylamine groups is 2. The fourth-order valence-corrected chi connectivity index (χ4v) is 2.64. The number of amides is 2. The molecule has 2 aromatic carbocycles. The SMILES string of the molecule is O=C1c2ccccc2C(=O)N1OCc1ccc2ncccc2c1. The largest absolute Gasteiger partial charge is 0.285 e. The summed E-state index contributed by atoms with van der Waals surface area (Å²) in [4.78, 5) is 34.1. The van der Waals surface area contributed by atoms with Gasteiger partial charge in [0.05, 0.1) is 16.6 Å². The highest BCUT2D eigenvalue weighted by atomic mass is 16.7. The van der Waals surface area contributed by atoms with Crippen LogP contribution in [0.1, 0.15) is 26.3 Å². The summed E-state index contributed by atoms with van der Waals surface area (Å²) in [5.41, 5.74) is 2.50. The molecule has 0 radical (unpaired) electrons. The molecule has 23 heavy (non-hydrogen) atoms. The van der Waals surface area contributed by atoms with Crippen molar-refractivity contribution in [3.63, 3.8) is 0 Å². The van der Waals surface area contributed by atoms with Gasteiger partial charge in [-0.25, -0.2) is 0 Å². The van der Waals surface area contributed by atoms with Crippen LogP contribution < -0.4 is 0 Å². The van der Waals surface area contributed by atoms with E-state index in [1.807, 2.05) is 30.3 Å². The van der Waals surface area contributed by atoms with E-state index in [0.717, 1.165) is 21.5 Å². The van der Waals surface area contributed by atoms with E-state index in [0.29, 0.717) is 11.1 Å². The van der Waals surface area contributed by atoms with Crippen molar-refractivity contribution in [2.24, 2.45) is 0 Å². The first kappa shape index (κ1) is 13.6. The molecule has 1 aliphatic heterocycles. The Labute approximate surface area is 132 Å². The molecular weight excluding hydrogens is 292 g/mol. The van der Waals surface area contributed by atoms with E-state index < -0.39 is 11.8 Å². The van der Waals surface area contributed by atoms with Crippen LogP contribution in [0.15, 0.2) is 60.8 Å². The van der Waals surface area contributed by atoms with Crippen LogP contribution in [0.2, 0.25) is 0 Å². The third-order valence-corrected chi connectivity index (χ3v) is 3.78. The van der Waals surface area contributed by atoms with Gasteiger partial charge < -0.3 is 0 Å². The minimum absolute atomic E-state index is 0.135. The van der Waals surface area contributed by atoms with Gasteiger partial charge in [-0.15, -0.1) is 5.06 Å². The summed E-state index contributed by atoms with van der Waals surface area (Å²) < 4.78 is 0. The highest BCUT2D eigenvalue weighted by molar-refractivity contribution is 6.20. The van der Waals surface area contributed by atoms with Gasteiger partial charge in [-0.05, 0) is 35.9 Å². The maximum atomic E-state index is 12.2. The van der Waals surface area contributed by atoms with Gasteiger partial charge in [0.15, 0.2) is 0 Å². The summed E-state index contributed by atoms with van der Waals surface area (Å²) in [6.07, 6.45) is 1.73. The van der Waals surface area contributed by atoms with Crippen molar-refractivity contribution in [3.05, 3.63) is 77.5 Å². The van der Waals surface area contributed by atoms with E-state index in [1.165, 1.54) is 0 Å². The number of carbonyl (C=O) groups is 2. The third-order valence-electron chi connectivity index (χ3n) is 3.78. The van der Waals surface area contributed by atoms with Crippen molar-refractivity contribution in [1.82, 2.24) is 10.0 Å². The van der Waals surface area contributed by atoms with Gasteiger partial charge in [0.1, 0.15) is 6.61 Å². The molecule has 5 nitrogen and oxygen atoms in total. The summed E-state index contributed by atoms with van der Waals surface area (Å²) in [6.45, 7) is 0.135. The molecule has 2 heterocycles. The van der Waals surface area contributed by atoms with Gasteiger partial charge in [-0.1, -0.05) is 24.3 Å². The molecule has 0 saturated carbocycles. The van der Waals surface area contributed by atoms with Crippen molar-refractivity contribution >= 4 is 22.7 Å². The predicted octanol–water partition coefficient (Wildman–Crippen LogP) is 2.96. The summed E-state index contributed by atoms with van der Waals surface area (Å²) in [6, 6.07) is 16.2. The minimum Gasteiger partial charge on any atom is -0.266 e. The van der Waals surface area contributed by atoms with Gasteiger partial charge in [0.2, 0.25) is 0 Å². The second-order valence-electron chi connectivity index (χ2n) is 5.25. The Morgan fingerprint density at radius 1 is 0.913 bits per heavy atom. The molecule has 0 spiro atoms. The van der Waals surface area contributed by atoms with Crippen LogP contribution >= 0.6 is 0 Å². The zero-order chi connectivity index (χ0) is 15.8. The zero-order valence-corrected chi connectivity index (χ0v) is 12.1. The Morgan fingerprint density at radius 2 is 1.65 bits per heavy atom. The standard InChI is InChI=1S/C18H12N2O3/c21-17-14-5-1-2-6-15(14)18(22)20(17)23-11-12-7-8-16-13(10-12)4-3-9-19-16/h1-10H,11H2. The smallest absolute Gasteiger partial charge is 0.266 e. The molecule has 4 rings (SSSR count). The highest BCUT2D eigenvalue weighted by Crippen LogP contribution is 2.23. The summed E-state index contributed by atoms with van der Waals surface area (Å²) >= 11 is 0. The molecule has 2 amide bonds. The Hall–Kier alpha value is -3.05. The fraction of sp³-hybridized carbons (Fsp3) is 0.0556. The Balaban J connectivity index is 1.55. The molecule has 0 N–H and O–H groups in total. The van der Waals surface area contributed by atoms with Crippen LogP contribution in [0.5, 0.6) is 0 Å². The molecule has 0 aliphatic carbocycles. The first-order valence-corrected chi connectivity index (χ1v) is 7.18. The van der Waals surface area contributed by atoms with E-state index in [1.54, 1.807) is 30.5 Å². The van der Waals surface area contributed by atoms with Crippen molar-refractivity contribution in [1.29, 1.82) is 0 Å². The lowest BCUT2D eigenvalue weighted by molar-refractivity contribution is -0.101. The number of rotatable bonds is 3. The van der Waals surface area contributed by atoms with E-state index in [4.69, 9.17) is 4.84 Å². The minimum atomic E-state index is -0.423. The number of fused-ring (bicyclic) bond motifs is 2. The molecule has 0 atom stereocenters. The average Bonchev–Trinajstić information content (AvgIpc) is 2.84. The summed E-state index contributed by atoms with van der Waals surface area (Å²) in [7, 11) is 0. The number of benzene rings is 2. The number of imide groups is 1.